The van der Waals surface area contributed by atoms with E-state index in [1.165, 1.54) is 12.6 Å². The molecule has 0 aliphatic heterocycles. The molecule has 0 saturated heterocycles. The van der Waals surface area contributed by atoms with Crippen LogP contribution in [0.4, 0.5) is 5.69 Å². The summed E-state index contributed by atoms with van der Waals surface area (Å²) in [6, 6.07) is 12.2. The monoisotopic (exact) mass is 261 g/mol. The van der Waals surface area contributed by atoms with Gasteiger partial charge in [-0.3, -0.25) is 0 Å². The number of rotatable bonds is 3. The topological polar surface area (TPSA) is 109 Å². The first kappa shape index (κ1) is 12.9. The fourth-order valence-corrected chi connectivity index (χ4v) is 1.57. The van der Waals surface area contributed by atoms with Crippen LogP contribution in [0.1, 0.15) is 0 Å². The Labute approximate surface area is 114 Å². The molecule has 0 aliphatic rings. The van der Waals surface area contributed by atoms with E-state index >= 15 is 0 Å². The third kappa shape index (κ3) is 2.48. The third-order valence-electron chi connectivity index (χ3n) is 2.47. The molecule has 0 amide bonds. The molecule has 0 bridgehead atoms. The average molecular weight is 261 g/mol. The van der Waals surface area contributed by atoms with Crippen LogP contribution in [0.25, 0.3) is 11.3 Å². The molecule has 1 N–H and O–H groups in total. The molecule has 0 saturated carbocycles. The van der Waals surface area contributed by atoms with Crippen LogP contribution in [0.3, 0.4) is 0 Å². The minimum absolute atomic E-state index is 0.109. The SMILES string of the molecule is N#CC(C#N)=C(C#N)Nc1ccccc1-c1cnco1. The van der Waals surface area contributed by atoms with E-state index in [2.05, 4.69) is 10.3 Å². The van der Waals surface area contributed by atoms with Crippen LogP contribution in [0.15, 0.2) is 52.5 Å². The van der Waals surface area contributed by atoms with Crippen LogP contribution in [0.2, 0.25) is 0 Å². The Morgan fingerprint density at radius 3 is 2.45 bits per heavy atom. The molecular weight excluding hydrogens is 254 g/mol. The molecule has 0 radical (unpaired) electrons. The highest BCUT2D eigenvalue weighted by molar-refractivity contribution is 5.76. The number of para-hydroxylation sites is 1. The highest BCUT2D eigenvalue weighted by Gasteiger charge is 2.11. The normalized spacial score (nSPS) is 8.85. The molecule has 1 aromatic carbocycles. The summed E-state index contributed by atoms with van der Waals surface area (Å²) in [5, 5.41) is 29.4. The van der Waals surface area contributed by atoms with Gasteiger partial charge < -0.3 is 9.73 Å². The second kappa shape index (κ2) is 5.86. The van der Waals surface area contributed by atoms with Crippen LogP contribution < -0.4 is 5.32 Å². The standard InChI is InChI=1S/C14H7N5O/c15-5-10(6-16)13(7-17)19-12-4-2-1-3-11(12)14-8-18-9-20-14/h1-4,8-9,19H. The van der Waals surface area contributed by atoms with E-state index in [0.29, 0.717) is 17.0 Å². The van der Waals surface area contributed by atoms with Gasteiger partial charge >= 0.3 is 0 Å². The number of hydrogen-bond donors (Lipinski definition) is 1. The van der Waals surface area contributed by atoms with Crippen LogP contribution in [-0.4, -0.2) is 4.98 Å². The predicted molar refractivity (Wildman–Crippen MR) is 69.4 cm³/mol. The molecule has 2 aromatic rings. The summed E-state index contributed by atoms with van der Waals surface area (Å²) in [4.78, 5) is 3.83. The summed E-state index contributed by atoms with van der Waals surface area (Å²) in [6.07, 6.45) is 2.83. The molecule has 0 unspecified atom stereocenters. The number of nitriles is 3. The second-order valence-corrected chi connectivity index (χ2v) is 3.62. The van der Waals surface area contributed by atoms with Crippen molar-refractivity contribution in [2.24, 2.45) is 0 Å². The number of nitrogens with one attached hydrogen (secondary N) is 1. The number of nitrogens with zero attached hydrogens (tertiary/aromatic N) is 4. The largest absolute Gasteiger partial charge is 0.443 e. The highest BCUT2D eigenvalue weighted by Crippen LogP contribution is 2.28. The van der Waals surface area contributed by atoms with Gasteiger partial charge in [0.15, 0.2) is 17.7 Å². The van der Waals surface area contributed by atoms with Crippen LogP contribution >= 0.6 is 0 Å². The summed E-state index contributed by atoms with van der Waals surface area (Å²) in [7, 11) is 0. The van der Waals surface area contributed by atoms with Crippen molar-refractivity contribution in [2.75, 3.05) is 5.32 Å². The molecule has 20 heavy (non-hydrogen) atoms. The summed E-state index contributed by atoms with van der Waals surface area (Å²) in [6.45, 7) is 0. The first-order valence-electron chi connectivity index (χ1n) is 5.49. The summed E-state index contributed by atoms with van der Waals surface area (Å²) >= 11 is 0. The number of allylic oxidation sites excluding steroid dienone is 2. The minimum Gasteiger partial charge on any atom is -0.443 e. The van der Waals surface area contributed by atoms with Crippen molar-refractivity contribution < 1.29 is 4.42 Å². The number of anilines is 1. The lowest BCUT2D eigenvalue weighted by Crippen LogP contribution is -2.01. The molecule has 0 fully saturated rings. The molecule has 1 heterocycles. The molecule has 6 nitrogen and oxygen atoms in total. The Morgan fingerprint density at radius 2 is 1.85 bits per heavy atom. The van der Waals surface area contributed by atoms with Crippen molar-refractivity contribution >= 4 is 5.69 Å². The van der Waals surface area contributed by atoms with Crippen LogP contribution in [0, 0.1) is 34.0 Å². The smallest absolute Gasteiger partial charge is 0.181 e. The number of oxazole rings is 1. The zero-order valence-corrected chi connectivity index (χ0v) is 10.2. The molecule has 0 atom stereocenters. The van der Waals surface area contributed by atoms with E-state index in [1.54, 1.807) is 42.5 Å². The summed E-state index contributed by atoms with van der Waals surface area (Å²) in [5.41, 5.74) is 0.832. The maximum absolute atomic E-state index is 9.03. The van der Waals surface area contributed by atoms with E-state index < -0.39 is 0 Å². The Morgan fingerprint density at radius 1 is 1.10 bits per heavy atom. The number of benzene rings is 1. The molecule has 0 aliphatic carbocycles. The first-order chi connectivity index (χ1) is 9.80. The predicted octanol–water partition coefficient (Wildman–Crippen LogP) is 2.58. The molecule has 2 rings (SSSR count). The van der Waals surface area contributed by atoms with Crippen molar-refractivity contribution in [2.45, 2.75) is 0 Å². The Bertz CT molecular complexity index is 753. The van der Waals surface area contributed by atoms with E-state index in [1.807, 2.05) is 0 Å². The number of aromatic nitrogens is 1. The zero-order chi connectivity index (χ0) is 14.4. The molecular formula is C14H7N5O. The zero-order valence-electron chi connectivity index (χ0n) is 10.2. The molecule has 6 heteroatoms. The van der Waals surface area contributed by atoms with Gasteiger partial charge in [-0.05, 0) is 12.1 Å². The lowest BCUT2D eigenvalue weighted by molar-refractivity contribution is 0.572. The highest BCUT2D eigenvalue weighted by atomic mass is 16.3. The fourth-order valence-electron chi connectivity index (χ4n) is 1.57. The Kier molecular flexibility index (Phi) is 3.78. The number of hydrogen-bond acceptors (Lipinski definition) is 6. The van der Waals surface area contributed by atoms with E-state index in [0.717, 1.165) is 0 Å². The van der Waals surface area contributed by atoms with Crippen molar-refractivity contribution in [3.8, 4) is 29.5 Å². The second-order valence-electron chi connectivity index (χ2n) is 3.62. The van der Waals surface area contributed by atoms with Crippen molar-refractivity contribution in [3.05, 3.63) is 48.1 Å². The average Bonchev–Trinajstić information content (AvgIpc) is 3.02. The van der Waals surface area contributed by atoms with Crippen molar-refractivity contribution in [1.29, 1.82) is 15.8 Å². The van der Waals surface area contributed by atoms with Gasteiger partial charge in [-0.2, -0.15) is 15.8 Å². The molecule has 1 aromatic heterocycles. The van der Waals surface area contributed by atoms with Crippen LogP contribution in [-0.2, 0) is 0 Å². The third-order valence-corrected chi connectivity index (χ3v) is 2.47. The van der Waals surface area contributed by atoms with Gasteiger partial charge in [0.2, 0.25) is 0 Å². The van der Waals surface area contributed by atoms with Gasteiger partial charge in [-0.1, -0.05) is 12.1 Å². The Hall–Kier alpha value is -3.56. The van der Waals surface area contributed by atoms with Crippen molar-refractivity contribution in [3.63, 3.8) is 0 Å². The minimum atomic E-state index is -0.278. The maximum atomic E-state index is 9.03. The summed E-state index contributed by atoms with van der Waals surface area (Å²) in [5.74, 6) is 0.515. The maximum Gasteiger partial charge on any atom is 0.181 e. The van der Waals surface area contributed by atoms with E-state index in [9.17, 15) is 0 Å². The van der Waals surface area contributed by atoms with Gasteiger partial charge in [0.25, 0.3) is 0 Å². The van der Waals surface area contributed by atoms with Crippen LogP contribution in [0.5, 0.6) is 0 Å². The van der Waals surface area contributed by atoms with Gasteiger partial charge in [-0.25, -0.2) is 4.98 Å². The quantitative estimate of drug-likeness (QED) is 0.850. The van der Waals surface area contributed by atoms with Gasteiger partial charge in [-0.15, -0.1) is 0 Å². The van der Waals surface area contributed by atoms with Gasteiger partial charge in [0.05, 0.1) is 11.9 Å². The molecule has 0 spiro atoms. The van der Waals surface area contributed by atoms with Gasteiger partial charge in [0, 0.05) is 5.56 Å². The fraction of sp³-hybridized carbons (Fsp3) is 0. The first-order valence-corrected chi connectivity index (χ1v) is 5.49. The van der Waals surface area contributed by atoms with Gasteiger partial charge in [0.1, 0.15) is 23.9 Å². The van der Waals surface area contributed by atoms with E-state index in [4.69, 9.17) is 20.2 Å². The lowest BCUT2D eigenvalue weighted by atomic mass is 10.1. The van der Waals surface area contributed by atoms with E-state index in [-0.39, 0.29) is 11.3 Å². The summed E-state index contributed by atoms with van der Waals surface area (Å²) < 4.78 is 5.21. The van der Waals surface area contributed by atoms with Crippen molar-refractivity contribution in [1.82, 2.24) is 4.98 Å². The Balaban J connectivity index is 2.47. The lowest BCUT2D eigenvalue weighted by Gasteiger charge is -2.08. The molecule has 94 valence electrons.